The van der Waals surface area contributed by atoms with E-state index >= 15 is 0 Å². The summed E-state index contributed by atoms with van der Waals surface area (Å²) in [6.45, 7) is 0.476. The van der Waals surface area contributed by atoms with Crippen LogP contribution < -0.4 is 10.5 Å². The number of amides is 2. The number of ether oxygens (including phenoxy) is 1. The van der Waals surface area contributed by atoms with Crippen LogP contribution in [0.3, 0.4) is 0 Å². The van der Waals surface area contributed by atoms with E-state index in [2.05, 4.69) is 4.74 Å². The molecular formula is C18H21F3N2O3. The van der Waals surface area contributed by atoms with Crippen molar-refractivity contribution in [2.75, 3.05) is 6.54 Å². The van der Waals surface area contributed by atoms with Crippen molar-refractivity contribution in [1.29, 1.82) is 0 Å². The van der Waals surface area contributed by atoms with Crippen LogP contribution in [-0.2, 0) is 15.0 Å². The molecule has 1 aromatic carbocycles. The Kier molecular flexibility index (Phi) is 4.86. The number of likely N-dealkylation sites (tertiary alicyclic amines) is 1. The summed E-state index contributed by atoms with van der Waals surface area (Å²) in [6.07, 6.45) is -0.409. The lowest BCUT2D eigenvalue weighted by atomic mass is 9.93. The number of carbonyl (C=O) groups excluding carboxylic acids is 2. The molecule has 2 aliphatic rings. The first-order valence-corrected chi connectivity index (χ1v) is 8.70. The van der Waals surface area contributed by atoms with Crippen LogP contribution in [0.1, 0.15) is 44.1 Å². The number of nitrogens with two attached hydrogens (primary N) is 1. The molecule has 0 bridgehead atoms. The van der Waals surface area contributed by atoms with Crippen LogP contribution in [-0.4, -0.2) is 35.7 Å². The Morgan fingerprint density at radius 3 is 2.31 bits per heavy atom. The minimum Gasteiger partial charge on any atom is -0.406 e. The fraction of sp³-hybridized carbons (Fsp3) is 0.556. The molecular weight excluding hydrogens is 349 g/mol. The van der Waals surface area contributed by atoms with E-state index in [-0.39, 0.29) is 11.7 Å². The molecule has 1 aliphatic heterocycles. The van der Waals surface area contributed by atoms with E-state index in [1.54, 1.807) is 4.90 Å². The zero-order valence-corrected chi connectivity index (χ0v) is 14.2. The number of alkyl halides is 3. The van der Waals surface area contributed by atoms with Crippen molar-refractivity contribution >= 4 is 11.8 Å². The van der Waals surface area contributed by atoms with E-state index in [9.17, 15) is 22.8 Å². The molecule has 0 aromatic heterocycles. The number of rotatable bonds is 4. The molecule has 1 unspecified atom stereocenters. The van der Waals surface area contributed by atoms with Gasteiger partial charge in [0, 0.05) is 6.54 Å². The Morgan fingerprint density at radius 2 is 1.77 bits per heavy atom. The van der Waals surface area contributed by atoms with Crippen LogP contribution in [0.4, 0.5) is 13.2 Å². The van der Waals surface area contributed by atoms with Gasteiger partial charge in [0.05, 0.1) is 5.41 Å². The van der Waals surface area contributed by atoms with Gasteiger partial charge >= 0.3 is 6.36 Å². The third kappa shape index (κ3) is 3.78. The molecule has 1 atom stereocenters. The van der Waals surface area contributed by atoms with Gasteiger partial charge in [-0.2, -0.15) is 0 Å². The summed E-state index contributed by atoms with van der Waals surface area (Å²) in [6, 6.07) is 4.79. The average Bonchev–Trinajstić information content (AvgIpc) is 3.37. The van der Waals surface area contributed by atoms with Gasteiger partial charge in [0.2, 0.25) is 11.8 Å². The van der Waals surface area contributed by atoms with Crippen molar-refractivity contribution in [1.82, 2.24) is 4.90 Å². The highest BCUT2D eigenvalue weighted by molar-refractivity contribution is 5.95. The van der Waals surface area contributed by atoms with Crippen molar-refractivity contribution in [2.45, 2.75) is 56.3 Å². The molecule has 1 heterocycles. The van der Waals surface area contributed by atoms with Gasteiger partial charge in [0.25, 0.3) is 0 Å². The second-order valence-electron chi connectivity index (χ2n) is 6.92. The van der Waals surface area contributed by atoms with Gasteiger partial charge < -0.3 is 15.4 Å². The van der Waals surface area contributed by atoms with Crippen LogP contribution in [0.5, 0.6) is 5.75 Å². The third-order valence-electron chi connectivity index (χ3n) is 5.14. The molecule has 3 rings (SSSR count). The maximum Gasteiger partial charge on any atom is 0.573 e. The van der Waals surface area contributed by atoms with Crippen LogP contribution >= 0.6 is 0 Å². The van der Waals surface area contributed by atoms with Crippen molar-refractivity contribution in [3.05, 3.63) is 29.8 Å². The predicted molar refractivity (Wildman–Crippen MR) is 87.2 cm³/mol. The Balaban J connectivity index is 1.81. The van der Waals surface area contributed by atoms with E-state index in [0.29, 0.717) is 31.4 Å². The summed E-state index contributed by atoms with van der Waals surface area (Å²) in [5, 5.41) is 0. The van der Waals surface area contributed by atoms with Gasteiger partial charge in [-0.1, -0.05) is 25.0 Å². The van der Waals surface area contributed by atoms with Crippen molar-refractivity contribution in [3.63, 3.8) is 0 Å². The first-order valence-electron chi connectivity index (χ1n) is 8.70. The quantitative estimate of drug-likeness (QED) is 0.886. The van der Waals surface area contributed by atoms with E-state index < -0.39 is 23.7 Å². The van der Waals surface area contributed by atoms with Gasteiger partial charge in [0.1, 0.15) is 11.8 Å². The predicted octanol–water partition coefficient (Wildman–Crippen LogP) is 2.87. The van der Waals surface area contributed by atoms with Gasteiger partial charge in [0.15, 0.2) is 0 Å². The van der Waals surface area contributed by atoms with Gasteiger partial charge in [-0.25, -0.2) is 0 Å². The number of hydrogen-bond donors (Lipinski definition) is 1. The van der Waals surface area contributed by atoms with E-state index in [0.717, 1.165) is 19.3 Å². The topological polar surface area (TPSA) is 72.6 Å². The summed E-state index contributed by atoms with van der Waals surface area (Å²) in [7, 11) is 0. The van der Waals surface area contributed by atoms with Crippen molar-refractivity contribution < 1.29 is 27.5 Å². The second kappa shape index (κ2) is 6.81. The molecule has 0 spiro atoms. The highest BCUT2D eigenvalue weighted by Gasteiger charge is 2.54. The highest BCUT2D eigenvalue weighted by atomic mass is 19.4. The molecule has 142 valence electrons. The Labute approximate surface area is 149 Å². The molecule has 0 radical (unpaired) electrons. The van der Waals surface area contributed by atoms with Gasteiger partial charge in [-0.3, -0.25) is 9.59 Å². The number of halogens is 3. The number of hydrogen-bond acceptors (Lipinski definition) is 3. The maximum absolute atomic E-state index is 13.2. The molecule has 5 nitrogen and oxygen atoms in total. The SMILES string of the molecule is NC(=O)C1CCCCCN1C(=O)C1(c2ccc(OC(F)(F)F)cc2)CC1. The highest BCUT2D eigenvalue weighted by Crippen LogP contribution is 2.50. The van der Waals surface area contributed by atoms with Crippen LogP contribution in [0.2, 0.25) is 0 Å². The fourth-order valence-corrected chi connectivity index (χ4v) is 3.65. The van der Waals surface area contributed by atoms with Gasteiger partial charge in [-0.15, -0.1) is 13.2 Å². The molecule has 1 aromatic rings. The van der Waals surface area contributed by atoms with E-state index in [1.807, 2.05) is 0 Å². The molecule has 2 N–H and O–H groups in total. The van der Waals surface area contributed by atoms with Crippen LogP contribution in [0.15, 0.2) is 24.3 Å². The zero-order chi connectivity index (χ0) is 18.9. The standard InChI is InChI=1S/C18H21F3N2O3/c19-18(20,21)26-13-7-5-12(6-8-13)17(9-10-17)16(25)23-11-3-1-2-4-14(23)15(22)24/h5-8,14H,1-4,9-11H2,(H2,22,24). The molecule has 26 heavy (non-hydrogen) atoms. The summed E-state index contributed by atoms with van der Waals surface area (Å²) < 4.78 is 40.7. The second-order valence-corrected chi connectivity index (χ2v) is 6.92. The van der Waals surface area contributed by atoms with Crippen LogP contribution in [0, 0.1) is 0 Å². The molecule has 1 aliphatic carbocycles. The third-order valence-corrected chi connectivity index (χ3v) is 5.14. The van der Waals surface area contributed by atoms with E-state index in [1.165, 1.54) is 24.3 Å². The Bertz CT molecular complexity index is 684. The number of nitrogens with zero attached hydrogens (tertiary/aromatic N) is 1. The average molecular weight is 370 g/mol. The van der Waals surface area contributed by atoms with Crippen LogP contribution in [0.25, 0.3) is 0 Å². The summed E-state index contributed by atoms with van der Waals surface area (Å²) in [5.74, 6) is -0.994. The molecule has 1 saturated heterocycles. The Hall–Kier alpha value is -2.25. The van der Waals surface area contributed by atoms with Crippen molar-refractivity contribution in [2.24, 2.45) is 5.73 Å². The monoisotopic (exact) mass is 370 g/mol. The van der Waals surface area contributed by atoms with E-state index in [4.69, 9.17) is 5.73 Å². The Morgan fingerprint density at radius 1 is 1.12 bits per heavy atom. The van der Waals surface area contributed by atoms with Gasteiger partial charge in [-0.05, 0) is 43.4 Å². The number of carbonyl (C=O) groups is 2. The smallest absolute Gasteiger partial charge is 0.406 e. The number of benzene rings is 1. The molecule has 2 fully saturated rings. The lowest BCUT2D eigenvalue weighted by Gasteiger charge is -2.31. The fourth-order valence-electron chi connectivity index (χ4n) is 3.65. The minimum atomic E-state index is -4.75. The molecule has 2 amide bonds. The number of primary amides is 1. The molecule has 1 saturated carbocycles. The summed E-state index contributed by atoms with van der Waals surface area (Å²) in [5.41, 5.74) is 5.36. The minimum absolute atomic E-state index is 0.160. The lowest BCUT2D eigenvalue weighted by Crippen LogP contribution is -2.51. The first kappa shape index (κ1) is 18.5. The summed E-state index contributed by atoms with van der Waals surface area (Å²) in [4.78, 5) is 26.5. The van der Waals surface area contributed by atoms with Crippen molar-refractivity contribution in [3.8, 4) is 5.75 Å². The normalized spacial score (nSPS) is 22.4. The lowest BCUT2D eigenvalue weighted by molar-refractivity contribution is -0.274. The summed E-state index contributed by atoms with van der Waals surface area (Å²) >= 11 is 0. The first-order chi connectivity index (χ1) is 12.2. The largest absolute Gasteiger partial charge is 0.573 e. The zero-order valence-electron chi connectivity index (χ0n) is 14.2. The maximum atomic E-state index is 13.2. The molecule has 8 heteroatoms.